The zero-order valence-corrected chi connectivity index (χ0v) is 14.0. The maximum Gasteiger partial charge on any atom is 0.255 e. The molecule has 130 valence electrons. The molecule has 2 aromatic carbocycles. The van der Waals surface area contributed by atoms with Gasteiger partial charge < -0.3 is 10.6 Å². The first-order valence-electron chi connectivity index (χ1n) is 7.46. The molecule has 2 rings (SSSR count). The molecule has 0 saturated heterocycles. The monoisotopic (exact) mass is 354 g/mol. The van der Waals surface area contributed by atoms with Crippen LogP contribution in [0, 0.1) is 0 Å². The van der Waals surface area contributed by atoms with E-state index < -0.39 is 19.0 Å². The van der Waals surface area contributed by atoms with Gasteiger partial charge in [0, 0.05) is 19.0 Å². The summed E-state index contributed by atoms with van der Waals surface area (Å²) in [6, 6.07) is 17.8. The molecule has 0 aliphatic carbocycles. The van der Waals surface area contributed by atoms with Crippen LogP contribution in [-0.2, 0) is 11.3 Å². The first-order chi connectivity index (χ1) is 11.1. The number of hydrogen-bond acceptors (Lipinski definition) is 2. The summed E-state index contributed by atoms with van der Waals surface area (Å²) in [6.07, 6.45) is -2.57. The van der Waals surface area contributed by atoms with Crippen molar-refractivity contribution in [3.63, 3.8) is 0 Å². The number of alkyl halides is 2. The van der Waals surface area contributed by atoms with E-state index in [0.717, 1.165) is 11.1 Å². The van der Waals surface area contributed by atoms with E-state index in [9.17, 15) is 13.6 Å². The lowest BCUT2D eigenvalue weighted by atomic mass is 10.0. The Morgan fingerprint density at radius 2 is 1.54 bits per heavy atom. The van der Waals surface area contributed by atoms with Gasteiger partial charge in [0.15, 0.2) is 0 Å². The summed E-state index contributed by atoms with van der Waals surface area (Å²) in [7, 11) is 0. The van der Waals surface area contributed by atoms with Crippen LogP contribution in [0.3, 0.4) is 0 Å². The minimum Gasteiger partial charge on any atom is -0.333 e. The summed E-state index contributed by atoms with van der Waals surface area (Å²) in [5, 5.41) is 0. The van der Waals surface area contributed by atoms with Gasteiger partial charge in [-0.05, 0) is 11.1 Å². The molecule has 24 heavy (non-hydrogen) atoms. The van der Waals surface area contributed by atoms with Crippen molar-refractivity contribution >= 4 is 18.3 Å². The number of hydrogen-bond donors (Lipinski definition) is 1. The summed E-state index contributed by atoms with van der Waals surface area (Å²) < 4.78 is 25.6. The van der Waals surface area contributed by atoms with Crippen LogP contribution in [-0.4, -0.2) is 23.8 Å². The SMILES string of the molecule is Cl.NC(CC(=O)N(Cc1ccccc1)CC(F)F)c1ccccc1. The molecule has 6 heteroatoms. The van der Waals surface area contributed by atoms with E-state index >= 15 is 0 Å². The van der Waals surface area contributed by atoms with Gasteiger partial charge in [-0.3, -0.25) is 4.79 Å². The molecule has 0 radical (unpaired) electrons. The van der Waals surface area contributed by atoms with E-state index in [-0.39, 0.29) is 31.3 Å². The summed E-state index contributed by atoms with van der Waals surface area (Å²) in [4.78, 5) is 13.5. The van der Waals surface area contributed by atoms with Crippen LogP contribution >= 0.6 is 12.4 Å². The van der Waals surface area contributed by atoms with E-state index in [2.05, 4.69) is 0 Å². The third-order valence-corrected chi connectivity index (χ3v) is 3.55. The van der Waals surface area contributed by atoms with Gasteiger partial charge in [-0.1, -0.05) is 60.7 Å². The predicted molar refractivity (Wildman–Crippen MR) is 93.1 cm³/mol. The molecule has 3 nitrogen and oxygen atoms in total. The first kappa shape index (κ1) is 20.1. The number of nitrogens with two attached hydrogens (primary N) is 1. The minimum absolute atomic E-state index is 0. The highest BCUT2D eigenvalue weighted by Gasteiger charge is 2.21. The van der Waals surface area contributed by atoms with E-state index in [1.165, 1.54) is 4.90 Å². The molecule has 0 spiro atoms. The van der Waals surface area contributed by atoms with Crippen LogP contribution in [0.1, 0.15) is 23.6 Å². The summed E-state index contributed by atoms with van der Waals surface area (Å²) >= 11 is 0. The largest absolute Gasteiger partial charge is 0.333 e. The molecule has 0 aliphatic heterocycles. The van der Waals surface area contributed by atoms with Crippen molar-refractivity contribution in [2.45, 2.75) is 25.4 Å². The Labute approximate surface area is 146 Å². The fraction of sp³-hybridized carbons (Fsp3) is 0.278. The highest BCUT2D eigenvalue weighted by Crippen LogP contribution is 2.17. The zero-order valence-electron chi connectivity index (χ0n) is 13.1. The zero-order chi connectivity index (χ0) is 16.7. The number of benzene rings is 2. The van der Waals surface area contributed by atoms with Crippen molar-refractivity contribution in [3.05, 3.63) is 71.8 Å². The first-order valence-corrected chi connectivity index (χ1v) is 7.46. The summed E-state index contributed by atoms with van der Waals surface area (Å²) in [6.45, 7) is -0.430. The molecule has 0 saturated carbocycles. The summed E-state index contributed by atoms with van der Waals surface area (Å²) in [5.41, 5.74) is 7.65. The molecule has 2 aromatic rings. The molecule has 1 atom stereocenters. The highest BCUT2D eigenvalue weighted by molar-refractivity contribution is 5.85. The van der Waals surface area contributed by atoms with E-state index in [0.29, 0.717) is 0 Å². The van der Waals surface area contributed by atoms with Gasteiger partial charge in [-0.2, -0.15) is 0 Å². The fourth-order valence-corrected chi connectivity index (χ4v) is 2.36. The number of halogens is 3. The average Bonchev–Trinajstić information content (AvgIpc) is 2.55. The van der Waals surface area contributed by atoms with Gasteiger partial charge in [-0.25, -0.2) is 8.78 Å². The molecule has 0 bridgehead atoms. The second kappa shape index (κ2) is 10.0. The van der Waals surface area contributed by atoms with Crippen molar-refractivity contribution in [3.8, 4) is 0 Å². The van der Waals surface area contributed by atoms with Gasteiger partial charge in [0.2, 0.25) is 5.91 Å². The fourth-order valence-electron chi connectivity index (χ4n) is 2.36. The van der Waals surface area contributed by atoms with E-state index in [1.807, 2.05) is 60.7 Å². The quantitative estimate of drug-likeness (QED) is 0.822. The second-order valence-electron chi connectivity index (χ2n) is 5.37. The molecular formula is C18H21ClF2N2O. The van der Waals surface area contributed by atoms with Crippen molar-refractivity contribution in [1.82, 2.24) is 4.90 Å². The van der Waals surface area contributed by atoms with Crippen LogP contribution in [0.2, 0.25) is 0 Å². The minimum atomic E-state index is -2.57. The van der Waals surface area contributed by atoms with Gasteiger partial charge >= 0.3 is 0 Å². The molecule has 2 N–H and O–H groups in total. The Bertz CT molecular complexity index is 611. The van der Waals surface area contributed by atoms with Gasteiger partial charge in [0.05, 0.1) is 6.54 Å². The summed E-state index contributed by atoms with van der Waals surface area (Å²) in [5.74, 6) is -0.370. The van der Waals surface area contributed by atoms with Gasteiger partial charge in [0.1, 0.15) is 0 Å². The molecule has 1 unspecified atom stereocenters. The van der Waals surface area contributed by atoms with Crippen LogP contribution in [0.15, 0.2) is 60.7 Å². The second-order valence-corrected chi connectivity index (χ2v) is 5.37. The van der Waals surface area contributed by atoms with Crippen molar-refractivity contribution < 1.29 is 13.6 Å². The lowest BCUT2D eigenvalue weighted by Crippen LogP contribution is -2.36. The number of amides is 1. The van der Waals surface area contributed by atoms with Crippen LogP contribution < -0.4 is 5.73 Å². The molecular weight excluding hydrogens is 334 g/mol. The Balaban J connectivity index is 0.00000288. The molecule has 1 amide bonds. The van der Waals surface area contributed by atoms with Gasteiger partial charge in [0.25, 0.3) is 6.43 Å². The maximum atomic E-state index is 12.8. The molecule has 0 heterocycles. The third kappa shape index (κ3) is 6.26. The third-order valence-electron chi connectivity index (χ3n) is 3.55. The van der Waals surface area contributed by atoms with E-state index in [4.69, 9.17) is 5.73 Å². The predicted octanol–water partition coefficient (Wildman–Crippen LogP) is 3.79. The highest BCUT2D eigenvalue weighted by atomic mass is 35.5. The lowest BCUT2D eigenvalue weighted by Gasteiger charge is -2.24. The molecule has 0 fully saturated rings. The van der Waals surface area contributed by atoms with Crippen molar-refractivity contribution in [2.75, 3.05) is 6.54 Å². The lowest BCUT2D eigenvalue weighted by molar-refractivity contribution is -0.134. The number of nitrogens with zero attached hydrogens (tertiary/aromatic N) is 1. The Kier molecular flexibility index (Phi) is 8.36. The smallest absolute Gasteiger partial charge is 0.255 e. The van der Waals surface area contributed by atoms with Crippen LogP contribution in [0.4, 0.5) is 8.78 Å². The number of carbonyl (C=O) groups is 1. The number of carbonyl (C=O) groups excluding carboxylic acids is 1. The molecule has 0 aliphatic rings. The maximum absolute atomic E-state index is 12.8. The Morgan fingerprint density at radius 3 is 2.08 bits per heavy atom. The standard InChI is InChI=1S/C18H20F2N2O.ClH/c19-17(20)13-22(12-14-7-3-1-4-8-14)18(23)11-16(21)15-9-5-2-6-10-15;/h1-10,16-17H,11-13,21H2;1H. The van der Waals surface area contributed by atoms with Crippen molar-refractivity contribution in [2.24, 2.45) is 5.73 Å². The van der Waals surface area contributed by atoms with Crippen LogP contribution in [0.5, 0.6) is 0 Å². The Hall–Kier alpha value is -1.98. The van der Waals surface area contributed by atoms with Gasteiger partial charge in [-0.15, -0.1) is 12.4 Å². The normalized spacial score (nSPS) is 11.7. The number of rotatable bonds is 7. The Morgan fingerprint density at radius 1 is 1.00 bits per heavy atom. The topological polar surface area (TPSA) is 46.3 Å². The van der Waals surface area contributed by atoms with E-state index in [1.54, 1.807) is 0 Å². The van der Waals surface area contributed by atoms with Crippen molar-refractivity contribution in [1.29, 1.82) is 0 Å². The average molecular weight is 355 g/mol. The van der Waals surface area contributed by atoms with Crippen LogP contribution in [0.25, 0.3) is 0 Å². The molecule has 0 aromatic heterocycles.